The number of benzene rings is 1. The summed E-state index contributed by atoms with van der Waals surface area (Å²) in [6.07, 6.45) is 0.361. The third kappa shape index (κ3) is 5.92. The largest absolute Gasteiger partial charge is 0.444 e. The summed E-state index contributed by atoms with van der Waals surface area (Å²) in [4.78, 5) is 11.6. The molecular weight excluding hydrogens is 250 g/mol. The quantitative estimate of drug-likeness (QED) is 0.906. The van der Waals surface area contributed by atoms with Crippen molar-refractivity contribution >= 4 is 17.7 Å². The van der Waals surface area contributed by atoms with Crippen molar-refractivity contribution in [3.8, 4) is 0 Å². The Morgan fingerprint density at radius 3 is 2.39 bits per heavy atom. The lowest BCUT2D eigenvalue weighted by Crippen LogP contribution is -2.38. The highest BCUT2D eigenvalue weighted by Crippen LogP contribution is 2.11. The van der Waals surface area contributed by atoms with Gasteiger partial charge in [0.15, 0.2) is 0 Å². The first-order chi connectivity index (χ1) is 8.26. The lowest BCUT2D eigenvalue weighted by atomic mass is 10.1. The fraction of sp³-hybridized carbons (Fsp3) is 0.500. The van der Waals surface area contributed by atoms with Crippen LogP contribution in [0.25, 0.3) is 0 Å². The Labute approximate surface area is 113 Å². The van der Waals surface area contributed by atoms with Crippen LogP contribution in [0.4, 0.5) is 4.79 Å². The van der Waals surface area contributed by atoms with E-state index in [0.717, 1.165) is 12.0 Å². The van der Waals surface area contributed by atoms with Gasteiger partial charge in [0, 0.05) is 11.1 Å². The van der Waals surface area contributed by atoms with Gasteiger partial charge in [-0.3, -0.25) is 0 Å². The van der Waals surface area contributed by atoms with E-state index in [2.05, 4.69) is 5.32 Å². The summed E-state index contributed by atoms with van der Waals surface area (Å²) < 4.78 is 5.19. The zero-order valence-electron chi connectivity index (χ0n) is 11.3. The van der Waals surface area contributed by atoms with Crippen molar-refractivity contribution < 1.29 is 9.53 Å². The third-order valence-electron chi connectivity index (χ3n) is 2.22. The predicted octanol–water partition coefficient (Wildman–Crippen LogP) is 3.80. The molecule has 18 heavy (non-hydrogen) atoms. The Bertz CT molecular complexity index is 395. The van der Waals surface area contributed by atoms with E-state index in [1.807, 2.05) is 52.0 Å². The second-order valence-corrected chi connectivity index (χ2v) is 5.81. The van der Waals surface area contributed by atoms with Crippen LogP contribution in [0.15, 0.2) is 24.3 Å². The second-order valence-electron chi connectivity index (χ2n) is 5.38. The molecule has 0 fully saturated rings. The zero-order chi connectivity index (χ0) is 13.8. The van der Waals surface area contributed by atoms with Crippen molar-refractivity contribution in [3.05, 3.63) is 34.9 Å². The number of nitrogens with one attached hydrogen (secondary N) is 1. The first-order valence-corrected chi connectivity index (χ1v) is 6.38. The van der Waals surface area contributed by atoms with Crippen LogP contribution in [-0.4, -0.2) is 17.7 Å². The number of alkyl carbamates (subject to hydrolysis) is 1. The van der Waals surface area contributed by atoms with Gasteiger partial charge in [-0.05, 0) is 51.8 Å². The highest BCUT2D eigenvalue weighted by atomic mass is 35.5. The second kappa shape index (κ2) is 6.10. The molecule has 0 saturated carbocycles. The van der Waals surface area contributed by atoms with E-state index < -0.39 is 5.60 Å². The van der Waals surface area contributed by atoms with Crippen LogP contribution in [0, 0.1) is 0 Å². The molecule has 1 rings (SSSR count). The normalized spacial score (nSPS) is 12.9. The molecule has 3 nitrogen and oxygen atoms in total. The maximum absolute atomic E-state index is 11.6. The standard InChI is InChI=1S/C14H20ClNO2/c1-10(16-13(17)18-14(2,3)4)9-11-5-7-12(15)8-6-11/h5-8,10H,9H2,1-4H3,(H,16,17)/t10-/m0/s1. The summed E-state index contributed by atoms with van der Waals surface area (Å²) >= 11 is 5.82. The van der Waals surface area contributed by atoms with Crippen LogP contribution in [0.5, 0.6) is 0 Å². The molecule has 100 valence electrons. The lowest BCUT2D eigenvalue weighted by molar-refractivity contribution is 0.0508. The van der Waals surface area contributed by atoms with Crippen LogP contribution in [0.1, 0.15) is 33.3 Å². The molecule has 0 aliphatic carbocycles. The van der Waals surface area contributed by atoms with Crippen molar-refractivity contribution in [3.63, 3.8) is 0 Å². The van der Waals surface area contributed by atoms with Gasteiger partial charge in [0.05, 0.1) is 0 Å². The minimum absolute atomic E-state index is 0.0148. The van der Waals surface area contributed by atoms with Gasteiger partial charge < -0.3 is 10.1 Å². The Morgan fingerprint density at radius 2 is 1.89 bits per heavy atom. The topological polar surface area (TPSA) is 38.3 Å². The fourth-order valence-electron chi connectivity index (χ4n) is 1.53. The molecule has 0 radical (unpaired) electrons. The highest BCUT2D eigenvalue weighted by Gasteiger charge is 2.17. The molecule has 0 aromatic heterocycles. The summed E-state index contributed by atoms with van der Waals surface area (Å²) in [6, 6.07) is 7.61. The molecule has 0 saturated heterocycles. The molecular formula is C14H20ClNO2. The van der Waals surface area contributed by atoms with Crippen LogP contribution >= 0.6 is 11.6 Å². The average Bonchev–Trinajstić information content (AvgIpc) is 2.18. The summed E-state index contributed by atoms with van der Waals surface area (Å²) in [5.41, 5.74) is 0.660. The number of hydrogen-bond donors (Lipinski definition) is 1. The molecule has 0 bridgehead atoms. The van der Waals surface area contributed by atoms with E-state index >= 15 is 0 Å². The predicted molar refractivity (Wildman–Crippen MR) is 74.0 cm³/mol. The molecule has 1 N–H and O–H groups in total. The Morgan fingerprint density at radius 1 is 1.33 bits per heavy atom. The van der Waals surface area contributed by atoms with E-state index in [4.69, 9.17) is 16.3 Å². The van der Waals surface area contributed by atoms with E-state index in [1.54, 1.807) is 0 Å². The van der Waals surface area contributed by atoms with Crippen molar-refractivity contribution in [2.75, 3.05) is 0 Å². The van der Waals surface area contributed by atoms with E-state index in [-0.39, 0.29) is 12.1 Å². The Hall–Kier alpha value is -1.22. The molecule has 4 heteroatoms. The van der Waals surface area contributed by atoms with Gasteiger partial charge in [0.1, 0.15) is 5.60 Å². The Kier molecular flexibility index (Phi) is 5.03. The first kappa shape index (κ1) is 14.8. The van der Waals surface area contributed by atoms with Crippen LogP contribution in [0.2, 0.25) is 5.02 Å². The van der Waals surface area contributed by atoms with Crippen molar-refractivity contribution in [2.24, 2.45) is 0 Å². The number of amides is 1. The maximum Gasteiger partial charge on any atom is 0.407 e. The molecule has 0 aliphatic heterocycles. The number of halogens is 1. The molecule has 0 unspecified atom stereocenters. The van der Waals surface area contributed by atoms with Gasteiger partial charge in [-0.15, -0.1) is 0 Å². The number of carbonyl (C=O) groups is 1. The smallest absolute Gasteiger partial charge is 0.407 e. The van der Waals surface area contributed by atoms with Gasteiger partial charge in [-0.2, -0.15) is 0 Å². The average molecular weight is 270 g/mol. The monoisotopic (exact) mass is 269 g/mol. The molecule has 0 spiro atoms. The molecule has 0 heterocycles. The SMILES string of the molecule is C[C@@H](Cc1ccc(Cl)cc1)NC(=O)OC(C)(C)C. The minimum Gasteiger partial charge on any atom is -0.444 e. The molecule has 1 atom stereocenters. The van der Waals surface area contributed by atoms with Crippen molar-refractivity contribution in [1.29, 1.82) is 0 Å². The first-order valence-electron chi connectivity index (χ1n) is 6.00. The van der Waals surface area contributed by atoms with Gasteiger partial charge in [0.25, 0.3) is 0 Å². The Balaban J connectivity index is 2.44. The van der Waals surface area contributed by atoms with Crippen LogP contribution in [-0.2, 0) is 11.2 Å². The molecule has 1 aromatic rings. The van der Waals surface area contributed by atoms with E-state index in [1.165, 1.54) is 0 Å². The summed E-state index contributed by atoms with van der Waals surface area (Å²) in [5.74, 6) is 0. The molecule has 0 aliphatic rings. The number of ether oxygens (including phenoxy) is 1. The number of carbonyl (C=O) groups excluding carboxylic acids is 1. The fourth-order valence-corrected chi connectivity index (χ4v) is 1.66. The van der Waals surface area contributed by atoms with Crippen LogP contribution < -0.4 is 5.32 Å². The molecule has 1 amide bonds. The highest BCUT2D eigenvalue weighted by molar-refractivity contribution is 6.30. The van der Waals surface area contributed by atoms with Gasteiger partial charge in [-0.1, -0.05) is 23.7 Å². The van der Waals surface area contributed by atoms with E-state index in [9.17, 15) is 4.79 Å². The van der Waals surface area contributed by atoms with Gasteiger partial charge in [-0.25, -0.2) is 4.79 Å². The van der Waals surface area contributed by atoms with E-state index in [0.29, 0.717) is 5.02 Å². The minimum atomic E-state index is -0.468. The summed E-state index contributed by atoms with van der Waals surface area (Å²) in [5, 5.41) is 3.52. The van der Waals surface area contributed by atoms with Gasteiger partial charge in [0.2, 0.25) is 0 Å². The summed E-state index contributed by atoms with van der Waals surface area (Å²) in [6.45, 7) is 7.47. The van der Waals surface area contributed by atoms with Gasteiger partial charge >= 0.3 is 6.09 Å². The van der Waals surface area contributed by atoms with Crippen molar-refractivity contribution in [1.82, 2.24) is 5.32 Å². The zero-order valence-corrected chi connectivity index (χ0v) is 12.0. The summed E-state index contributed by atoms with van der Waals surface area (Å²) in [7, 11) is 0. The molecule has 1 aromatic carbocycles. The number of rotatable bonds is 3. The maximum atomic E-state index is 11.6. The lowest BCUT2D eigenvalue weighted by Gasteiger charge is -2.22. The van der Waals surface area contributed by atoms with Crippen LogP contribution in [0.3, 0.4) is 0 Å². The third-order valence-corrected chi connectivity index (χ3v) is 2.47. The number of hydrogen-bond acceptors (Lipinski definition) is 2. The van der Waals surface area contributed by atoms with Crippen molar-refractivity contribution in [2.45, 2.75) is 45.8 Å².